The summed E-state index contributed by atoms with van der Waals surface area (Å²) in [5, 5.41) is 4.95. The van der Waals surface area contributed by atoms with Gasteiger partial charge < -0.3 is 9.47 Å². The van der Waals surface area contributed by atoms with Gasteiger partial charge in [0.2, 0.25) is 0 Å². The largest absolute Gasteiger partial charge is 0.496 e. The molecular formula is C22H20N2O4S. The topological polar surface area (TPSA) is 77.5 Å². The van der Waals surface area contributed by atoms with Crippen LogP contribution in [0, 0.1) is 6.92 Å². The molecule has 0 radical (unpaired) electrons. The zero-order valence-corrected chi connectivity index (χ0v) is 16.9. The second kappa shape index (κ2) is 9.66. The van der Waals surface area contributed by atoms with E-state index in [1.165, 1.54) is 23.0 Å². The summed E-state index contributed by atoms with van der Waals surface area (Å²) >= 11 is 1.31. The van der Waals surface area contributed by atoms with Gasteiger partial charge >= 0.3 is 5.97 Å². The molecular weight excluding hydrogens is 388 g/mol. The molecule has 0 spiro atoms. The van der Waals surface area contributed by atoms with E-state index in [1.807, 2.05) is 54.8 Å². The van der Waals surface area contributed by atoms with Crippen molar-refractivity contribution >= 4 is 34.4 Å². The van der Waals surface area contributed by atoms with Gasteiger partial charge in [-0.05, 0) is 19.1 Å². The fourth-order valence-electron chi connectivity index (χ4n) is 2.49. The zero-order chi connectivity index (χ0) is 20.6. The average molecular weight is 408 g/mol. The van der Waals surface area contributed by atoms with Crippen molar-refractivity contribution in [1.82, 2.24) is 4.98 Å². The highest BCUT2D eigenvalue weighted by molar-refractivity contribution is 7.14. The Kier molecular flexibility index (Phi) is 6.76. The first-order valence-electron chi connectivity index (χ1n) is 8.85. The molecule has 0 atom stereocenters. The van der Waals surface area contributed by atoms with Crippen LogP contribution in [0.2, 0.25) is 0 Å². The van der Waals surface area contributed by atoms with Crippen molar-refractivity contribution in [1.29, 1.82) is 0 Å². The quantitative estimate of drug-likeness (QED) is 0.465. The molecule has 0 saturated heterocycles. The van der Waals surface area contributed by atoms with Gasteiger partial charge in [0.15, 0.2) is 11.7 Å². The molecule has 0 fully saturated rings. The van der Waals surface area contributed by atoms with Gasteiger partial charge in [0.25, 0.3) is 5.91 Å². The number of methoxy groups -OCH3 is 1. The number of amides is 1. The van der Waals surface area contributed by atoms with Crippen molar-refractivity contribution in [2.24, 2.45) is 0 Å². The minimum atomic E-state index is -0.620. The summed E-state index contributed by atoms with van der Waals surface area (Å²) in [5.41, 5.74) is 3.66. The Morgan fingerprint density at radius 3 is 2.66 bits per heavy atom. The number of ether oxygens (including phenoxy) is 2. The SMILES string of the molecule is COc1ccccc1/C=C/C(=O)OCC(=O)Nc1nc(-c2ccc(C)cc2)cs1. The monoisotopic (exact) mass is 408 g/mol. The number of carbonyl (C=O) groups is 2. The number of rotatable bonds is 7. The minimum Gasteiger partial charge on any atom is -0.496 e. The van der Waals surface area contributed by atoms with Crippen LogP contribution < -0.4 is 10.1 Å². The van der Waals surface area contributed by atoms with E-state index >= 15 is 0 Å². The number of hydrogen-bond acceptors (Lipinski definition) is 6. The Morgan fingerprint density at radius 2 is 1.90 bits per heavy atom. The van der Waals surface area contributed by atoms with Crippen LogP contribution in [-0.4, -0.2) is 30.6 Å². The molecule has 1 amide bonds. The van der Waals surface area contributed by atoms with Crippen molar-refractivity contribution < 1.29 is 19.1 Å². The maximum atomic E-state index is 12.0. The van der Waals surface area contributed by atoms with Crippen LogP contribution in [0.15, 0.2) is 60.0 Å². The van der Waals surface area contributed by atoms with E-state index < -0.39 is 18.5 Å². The van der Waals surface area contributed by atoms with Gasteiger partial charge in [-0.3, -0.25) is 10.1 Å². The Hall–Kier alpha value is -3.45. The van der Waals surface area contributed by atoms with E-state index in [-0.39, 0.29) is 0 Å². The number of esters is 1. The van der Waals surface area contributed by atoms with E-state index in [0.29, 0.717) is 10.9 Å². The van der Waals surface area contributed by atoms with Crippen molar-refractivity contribution in [3.05, 3.63) is 71.1 Å². The molecule has 0 bridgehead atoms. The van der Waals surface area contributed by atoms with Crippen LogP contribution in [-0.2, 0) is 14.3 Å². The summed E-state index contributed by atoms with van der Waals surface area (Å²) in [6, 6.07) is 15.2. The molecule has 2 aromatic carbocycles. The fraction of sp³-hybridized carbons (Fsp3) is 0.136. The highest BCUT2D eigenvalue weighted by atomic mass is 32.1. The molecule has 1 heterocycles. The predicted molar refractivity (Wildman–Crippen MR) is 114 cm³/mol. The molecule has 3 rings (SSSR count). The average Bonchev–Trinajstić information content (AvgIpc) is 3.19. The van der Waals surface area contributed by atoms with E-state index in [9.17, 15) is 9.59 Å². The van der Waals surface area contributed by atoms with Crippen LogP contribution in [0.25, 0.3) is 17.3 Å². The second-order valence-corrected chi connectivity index (χ2v) is 6.99. The summed E-state index contributed by atoms with van der Waals surface area (Å²) in [5.74, 6) is -0.429. The predicted octanol–water partition coefficient (Wildman–Crippen LogP) is 4.32. The lowest BCUT2D eigenvalue weighted by Gasteiger charge is -2.04. The molecule has 148 valence electrons. The first-order chi connectivity index (χ1) is 14.0. The lowest BCUT2D eigenvalue weighted by atomic mass is 10.1. The Bertz CT molecular complexity index is 1030. The molecule has 0 unspecified atom stereocenters. The lowest BCUT2D eigenvalue weighted by molar-refractivity contribution is -0.142. The number of aromatic nitrogens is 1. The number of nitrogens with one attached hydrogen (secondary N) is 1. The van der Waals surface area contributed by atoms with Gasteiger partial charge in [-0.2, -0.15) is 0 Å². The Balaban J connectivity index is 1.50. The van der Waals surface area contributed by atoms with Gasteiger partial charge in [-0.1, -0.05) is 48.0 Å². The number of hydrogen-bond donors (Lipinski definition) is 1. The molecule has 0 aliphatic carbocycles. The molecule has 7 heteroatoms. The summed E-state index contributed by atoms with van der Waals surface area (Å²) in [7, 11) is 1.55. The molecule has 0 aliphatic heterocycles. The van der Waals surface area contributed by atoms with Crippen molar-refractivity contribution in [3.63, 3.8) is 0 Å². The van der Waals surface area contributed by atoms with Gasteiger partial charge in [0.05, 0.1) is 12.8 Å². The lowest BCUT2D eigenvalue weighted by Crippen LogP contribution is -2.20. The van der Waals surface area contributed by atoms with Gasteiger partial charge in [-0.25, -0.2) is 9.78 Å². The smallest absolute Gasteiger partial charge is 0.331 e. The third kappa shape index (κ3) is 5.76. The minimum absolute atomic E-state index is 0.394. The molecule has 0 aliphatic rings. The molecule has 1 aromatic heterocycles. The van der Waals surface area contributed by atoms with E-state index in [1.54, 1.807) is 19.3 Å². The van der Waals surface area contributed by atoms with Crippen LogP contribution in [0.5, 0.6) is 5.75 Å². The van der Waals surface area contributed by atoms with E-state index in [2.05, 4.69) is 10.3 Å². The first-order valence-corrected chi connectivity index (χ1v) is 9.73. The summed E-state index contributed by atoms with van der Waals surface area (Å²) in [4.78, 5) is 28.3. The number of carbonyl (C=O) groups excluding carboxylic acids is 2. The number of aryl methyl sites for hydroxylation is 1. The molecule has 0 saturated carbocycles. The summed E-state index contributed by atoms with van der Waals surface area (Å²) < 4.78 is 10.2. The number of para-hydroxylation sites is 1. The highest BCUT2D eigenvalue weighted by Crippen LogP contribution is 2.25. The number of nitrogens with zero attached hydrogens (tertiary/aromatic N) is 1. The van der Waals surface area contributed by atoms with Gasteiger partial charge in [-0.15, -0.1) is 11.3 Å². The molecule has 3 aromatic rings. The van der Waals surface area contributed by atoms with E-state index in [4.69, 9.17) is 9.47 Å². The number of anilines is 1. The van der Waals surface area contributed by atoms with E-state index in [0.717, 1.165) is 16.8 Å². The van der Waals surface area contributed by atoms with Crippen LogP contribution in [0.3, 0.4) is 0 Å². The van der Waals surface area contributed by atoms with Crippen LogP contribution in [0.4, 0.5) is 5.13 Å². The third-order valence-electron chi connectivity index (χ3n) is 3.98. The Morgan fingerprint density at radius 1 is 1.14 bits per heavy atom. The maximum absolute atomic E-state index is 12.0. The van der Waals surface area contributed by atoms with Crippen molar-refractivity contribution in [2.75, 3.05) is 19.0 Å². The van der Waals surface area contributed by atoms with Gasteiger partial charge in [0.1, 0.15) is 5.75 Å². The summed E-state index contributed by atoms with van der Waals surface area (Å²) in [6.45, 7) is 1.62. The normalized spacial score (nSPS) is 10.7. The van der Waals surface area contributed by atoms with Gasteiger partial charge in [0, 0.05) is 22.6 Å². The van der Waals surface area contributed by atoms with Crippen molar-refractivity contribution in [3.8, 4) is 17.0 Å². The van der Waals surface area contributed by atoms with Crippen LogP contribution in [0.1, 0.15) is 11.1 Å². The fourth-order valence-corrected chi connectivity index (χ4v) is 3.23. The standard InChI is InChI=1S/C22H20N2O4S/c1-15-7-9-16(10-8-15)18-14-29-22(23-18)24-20(25)13-28-21(26)12-11-17-5-3-4-6-19(17)27-2/h3-12,14H,13H2,1-2H3,(H,23,24,25)/b12-11+. The number of benzene rings is 2. The maximum Gasteiger partial charge on any atom is 0.331 e. The second-order valence-electron chi connectivity index (χ2n) is 6.14. The number of thiazole rings is 1. The van der Waals surface area contributed by atoms with Crippen molar-refractivity contribution in [2.45, 2.75) is 6.92 Å². The Labute approximate surface area is 172 Å². The molecule has 29 heavy (non-hydrogen) atoms. The van der Waals surface area contributed by atoms with Crippen LogP contribution >= 0.6 is 11.3 Å². The molecule has 1 N–H and O–H groups in total. The third-order valence-corrected chi connectivity index (χ3v) is 4.74. The zero-order valence-electron chi connectivity index (χ0n) is 16.0. The highest BCUT2D eigenvalue weighted by Gasteiger charge is 2.10. The molecule has 6 nitrogen and oxygen atoms in total. The first kappa shape index (κ1) is 20.3. The summed E-state index contributed by atoms with van der Waals surface area (Å²) in [6.07, 6.45) is 2.83.